The van der Waals surface area contributed by atoms with E-state index in [1.165, 1.54) is 49.8 Å². The summed E-state index contributed by atoms with van der Waals surface area (Å²) in [5.41, 5.74) is -0.219. The first kappa shape index (κ1) is 21.5. The predicted molar refractivity (Wildman–Crippen MR) is 113 cm³/mol. The second-order valence-electron chi connectivity index (χ2n) is 6.89. The van der Waals surface area contributed by atoms with Crippen molar-refractivity contribution in [1.82, 2.24) is 4.98 Å². The van der Waals surface area contributed by atoms with Crippen LogP contribution in [0.2, 0.25) is 5.02 Å². The van der Waals surface area contributed by atoms with E-state index >= 15 is 0 Å². The number of aromatic nitrogens is 1. The molecule has 1 N–H and O–H groups in total. The number of ketones is 1. The number of hydrogen-bond acceptors (Lipinski definition) is 5. The van der Waals surface area contributed by atoms with Crippen molar-refractivity contribution in [1.29, 1.82) is 0 Å². The molecule has 0 spiro atoms. The van der Waals surface area contributed by atoms with Crippen molar-refractivity contribution < 1.29 is 28.2 Å². The molecule has 3 aromatic rings. The molecule has 32 heavy (non-hydrogen) atoms. The minimum absolute atomic E-state index is 0.146. The SMILES string of the molecule is COc1ccc(/C(O)=C2\C(=O)C(=O)N(c3cc(F)ccc3F)C2c2ccncc2)cc1Cl. The van der Waals surface area contributed by atoms with E-state index < -0.39 is 40.8 Å². The second kappa shape index (κ2) is 8.39. The summed E-state index contributed by atoms with van der Waals surface area (Å²) in [5.74, 6) is -4.04. The quantitative estimate of drug-likeness (QED) is 0.351. The molecule has 1 amide bonds. The Morgan fingerprint density at radius 3 is 2.47 bits per heavy atom. The highest BCUT2D eigenvalue weighted by molar-refractivity contribution is 6.51. The van der Waals surface area contributed by atoms with Gasteiger partial charge in [0, 0.05) is 24.0 Å². The molecule has 1 aliphatic rings. The van der Waals surface area contributed by atoms with Gasteiger partial charge in [0.05, 0.1) is 29.4 Å². The molecule has 4 rings (SSSR count). The number of amides is 1. The number of Topliss-reactive ketones (excluding diaryl/α,β-unsaturated/α-hetero) is 1. The van der Waals surface area contributed by atoms with Crippen molar-refractivity contribution >= 4 is 34.7 Å². The van der Waals surface area contributed by atoms with E-state index in [4.69, 9.17) is 16.3 Å². The molecule has 1 fully saturated rings. The fraction of sp³-hybridized carbons (Fsp3) is 0.0870. The van der Waals surface area contributed by atoms with Crippen LogP contribution in [0.5, 0.6) is 5.75 Å². The first-order chi connectivity index (χ1) is 15.3. The maximum atomic E-state index is 14.6. The minimum atomic E-state index is -1.23. The summed E-state index contributed by atoms with van der Waals surface area (Å²) in [5, 5.41) is 11.2. The van der Waals surface area contributed by atoms with E-state index in [9.17, 15) is 23.5 Å². The average Bonchev–Trinajstić information content (AvgIpc) is 3.06. The molecule has 1 atom stereocenters. The molecule has 1 aliphatic heterocycles. The fourth-order valence-electron chi connectivity index (χ4n) is 3.58. The van der Waals surface area contributed by atoms with Gasteiger partial charge in [-0.25, -0.2) is 8.78 Å². The van der Waals surface area contributed by atoms with Gasteiger partial charge in [-0.05, 0) is 48.0 Å². The molecule has 1 unspecified atom stereocenters. The third kappa shape index (κ3) is 3.58. The van der Waals surface area contributed by atoms with Crippen LogP contribution in [0.1, 0.15) is 17.2 Å². The number of aliphatic hydroxyl groups is 1. The molecule has 9 heteroatoms. The van der Waals surface area contributed by atoms with Gasteiger partial charge in [0.25, 0.3) is 11.7 Å². The Morgan fingerprint density at radius 1 is 1.09 bits per heavy atom. The standard InChI is InChI=1S/C23H15ClF2N2O4/c1-32-18-5-2-13(10-15(18)24)21(29)19-20(12-6-8-27-9-7-12)28(23(31)22(19)30)17-11-14(25)3-4-16(17)26/h2-11,20,29H,1H3/b21-19+. The monoisotopic (exact) mass is 456 g/mol. The van der Waals surface area contributed by atoms with E-state index in [0.29, 0.717) is 11.3 Å². The minimum Gasteiger partial charge on any atom is -0.507 e. The van der Waals surface area contributed by atoms with Crippen LogP contribution in [0.3, 0.4) is 0 Å². The van der Waals surface area contributed by atoms with Crippen molar-refractivity contribution in [2.24, 2.45) is 0 Å². The Bertz CT molecular complexity index is 1260. The molecule has 6 nitrogen and oxygen atoms in total. The Morgan fingerprint density at radius 2 is 1.81 bits per heavy atom. The Kier molecular flexibility index (Phi) is 5.63. The lowest BCUT2D eigenvalue weighted by molar-refractivity contribution is -0.132. The molecule has 0 radical (unpaired) electrons. The zero-order chi connectivity index (χ0) is 23.0. The summed E-state index contributed by atoms with van der Waals surface area (Å²) in [6.45, 7) is 0. The van der Waals surface area contributed by atoms with E-state index in [-0.39, 0.29) is 16.2 Å². The summed E-state index contributed by atoms with van der Waals surface area (Å²) >= 11 is 6.14. The van der Waals surface area contributed by atoms with Gasteiger partial charge in [0.15, 0.2) is 0 Å². The highest BCUT2D eigenvalue weighted by atomic mass is 35.5. The molecule has 2 aromatic carbocycles. The number of aliphatic hydroxyl groups excluding tert-OH is 1. The summed E-state index contributed by atoms with van der Waals surface area (Å²) in [4.78, 5) is 30.7. The van der Waals surface area contributed by atoms with Crippen LogP contribution >= 0.6 is 11.6 Å². The van der Waals surface area contributed by atoms with Gasteiger partial charge in [-0.1, -0.05) is 11.6 Å². The number of pyridine rings is 1. The van der Waals surface area contributed by atoms with Gasteiger partial charge >= 0.3 is 0 Å². The summed E-state index contributed by atoms with van der Waals surface area (Å²) in [7, 11) is 1.42. The average molecular weight is 457 g/mol. The van der Waals surface area contributed by atoms with Crippen LogP contribution in [0.4, 0.5) is 14.5 Å². The zero-order valence-electron chi connectivity index (χ0n) is 16.6. The molecule has 162 valence electrons. The molecule has 1 aromatic heterocycles. The third-order valence-electron chi connectivity index (χ3n) is 5.06. The van der Waals surface area contributed by atoms with Gasteiger partial charge in [-0.2, -0.15) is 0 Å². The van der Waals surface area contributed by atoms with Crippen LogP contribution in [0.15, 0.2) is 66.5 Å². The van der Waals surface area contributed by atoms with E-state index in [1.54, 1.807) is 0 Å². The van der Waals surface area contributed by atoms with Gasteiger partial charge < -0.3 is 9.84 Å². The molecule has 0 bridgehead atoms. The largest absolute Gasteiger partial charge is 0.507 e. The van der Waals surface area contributed by atoms with E-state index in [1.807, 2.05) is 0 Å². The van der Waals surface area contributed by atoms with Gasteiger partial charge in [-0.3, -0.25) is 19.5 Å². The van der Waals surface area contributed by atoms with Crippen LogP contribution in [0, 0.1) is 11.6 Å². The molecular formula is C23H15ClF2N2O4. The normalized spacial score (nSPS) is 17.6. The number of nitrogens with zero attached hydrogens (tertiary/aromatic N) is 2. The lowest BCUT2D eigenvalue weighted by Gasteiger charge is -2.25. The molecule has 0 saturated carbocycles. The molecule has 0 aliphatic carbocycles. The van der Waals surface area contributed by atoms with Gasteiger partial charge in [0.1, 0.15) is 23.1 Å². The van der Waals surface area contributed by atoms with Gasteiger partial charge in [0.2, 0.25) is 0 Å². The number of ether oxygens (including phenoxy) is 1. The van der Waals surface area contributed by atoms with Crippen molar-refractivity contribution in [3.8, 4) is 5.75 Å². The third-order valence-corrected chi connectivity index (χ3v) is 5.35. The first-order valence-corrected chi connectivity index (χ1v) is 9.71. The molecule has 2 heterocycles. The van der Waals surface area contributed by atoms with Crippen LogP contribution in [0.25, 0.3) is 5.76 Å². The maximum Gasteiger partial charge on any atom is 0.300 e. The number of halogens is 3. The number of rotatable bonds is 4. The molecule has 1 saturated heterocycles. The van der Waals surface area contributed by atoms with E-state index in [2.05, 4.69) is 4.98 Å². The van der Waals surface area contributed by atoms with Crippen molar-refractivity contribution in [2.45, 2.75) is 6.04 Å². The summed E-state index contributed by atoms with van der Waals surface area (Å²) < 4.78 is 33.6. The van der Waals surface area contributed by atoms with Crippen LogP contribution in [-0.2, 0) is 9.59 Å². The number of hydrogen-bond donors (Lipinski definition) is 1. The lowest BCUT2D eigenvalue weighted by atomic mass is 9.95. The zero-order valence-corrected chi connectivity index (χ0v) is 17.3. The van der Waals surface area contributed by atoms with E-state index in [0.717, 1.165) is 23.1 Å². The number of anilines is 1. The van der Waals surface area contributed by atoms with Crippen LogP contribution in [-0.4, -0.2) is 28.9 Å². The van der Waals surface area contributed by atoms with Crippen molar-refractivity contribution in [3.05, 3.63) is 94.3 Å². The Balaban J connectivity index is 1.96. The van der Waals surface area contributed by atoms with Crippen LogP contribution < -0.4 is 9.64 Å². The second-order valence-corrected chi connectivity index (χ2v) is 7.30. The molecular weight excluding hydrogens is 442 g/mol. The highest BCUT2D eigenvalue weighted by Crippen LogP contribution is 2.43. The predicted octanol–water partition coefficient (Wildman–Crippen LogP) is 4.65. The maximum absolute atomic E-state index is 14.6. The number of carbonyl (C=O) groups excluding carboxylic acids is 2. The number of methoxy groups -OCH3 is 1. The number of benzene rings is 2. The smallest absolute Gasteiger partial charge is 0.300 e. The topological polar surface area (TPSA) is 79.7 Å². The van der Waals surface area contributed by atoms with Crippen molar-refractivity contribution in [3.63, 3.8) is 0 Å². The Labute approximate surface area is 186 Å². The lowest BCUT2D eigenvalue weighted by Crippen LogP contribution is -2.30. The highest BCUT2D eigenvalue weighted by Gasteiger charge is 2.47. The summed E-state index contributed by atoms with van der Waals surface area (Å²) in [6, 6.07) is 8.68. The first-order valence-electron chi connectivity index (χ1n) is 9.33. The van der Waals surface area contributed by atoms with Gasteiger partial charge in [-0.15, -0.1) is 0 Å². The fourth-order valence-corrected chi connectivity index (χ4v) is 3.84. The Hall–Kier alpha value is -3.78. The number of carbonyl (C=O) groups is 2. The summed E-state index contributed by atoms with van der Waals surface area (Å²) in [6.07, 6.45) is 2.84. The van der Waals surface area contributed by atoms with Crippen molar-refractivity contribution in [2.75, 3.05) is 12.0 Å².